The number of hydrogen-bond acceptors (Lipinski definition) is 12. The Labute approximate surface area is 374 Å². The molecule has 0 saturated heterocycles. The number of phosphoric acid groups is 1. The van der Waals surface area contributed by atoms with E-state index in [4.69, 9.17) is 18.5 Å². The van der Waals surface area contributed by atoms with Gasteiger partial charge in [0.25, 0.3) is 0 Å². The lowest BCUT2D eigenvalue weighted by Gasteiger charge is -2.41. The minimum Gasteiger partial charge on any atom is -0.462 e. The molecule has 14 heteroatoms. The van der Waals surface area contributed by atoms with Crippen LogP contribution in [0.5, 0.6) is 0 Å². The summed E-state index contributed by atoms with van der Waals surface area (Å²) in [5, 5.41) is 50.2. The van der Waals surface area contributed by atoms with Gasteiger partial charge in [-0.3, -0.25) is 18.6 Å². The third-order valence-corrected chi connectivity index (χ3v) is 12.2. The molecule has 1 aliphatic carbocycles. The summed E-state index contributed by atoms with van der Waals surface area (Å²) >= 11 is 0. The van der Waals surface area contributed by atoms with Crippen LogP contribution in [-0.2, 0) is 32.7 Å². The average Bonchev–Trinajstić information content (AvgIpc) is 3.25. The topological polar surface area (TPSA) is 210 Å². The van der Waals surface area contributed by atoms with Crippen molar-refractivity contribution in [3.63, 3.8) is 0 Å². The minimum absolute atomic E-state index is 0.0495. The van der Waals surface area contributed by atoms with Crippen LogP contribution in [0.25, 0.3) is 0 Å². The third-order valence-electron chi connectivity index (χ3n) is 11.2. The molecule has 1 fully saturated rings. The van der Waals surface area contributed by atoms with Crippen LogP contribution in [0.3, 0.4) is 0 Å². The van der Waals surface area contributed by atoms with Crippen molar-refractivity contribution in [3.8, 4) is 0 Å². The van der Waals surface area contributed by atoms with Crippen molar-refractivity contribution < 1.29 is 63.1 Å². The molecule has 62 heavy (non-hydrogen) atoms. The maximum atomic E-state index is 12.8. The zero-order chi connectivity index (χ0) is 45.7. The Bertz CT molecular complexity index is 1230. The monoisotopic (exact) mass is 903 g/mol. The second kappa shape index (κ2) is 38.3. The second-order valence-electron chi connectivity index (χ2n) is 17.0. The van der Waals surface area contributed by atoms with Gasteiger partial charge < -0.3 is 39.9 Å². The van der Waals surface area contributed by atoms with Crippen molar-refractivity contribution in [2.45, 2.75) is 243 Å². The van der Waals surface area contributed by atoms with Crippen molar-refractivity contribution in [2.24, 2.45) is 0 Å². The maximum Gasteiger partial charge on any atom is 0.472 e. The highest BCUT2D eigenvalue weighted by Crippen LogP contribution is 2.47. The van der Waals surface area contributed by atoms with Gasteiger partial charge in [-0.15, -0.1) is 0 Å². The van der Waals surface area contributed by atoms with Crippen LogP contribution in [0.1, 0.15) is 200 Å². The molecule has 362 valence electrons. The molecule has 0 heterocycles. The summed E-state index contributed by atoms with van der Waals surface area (Å²) in [6.45, 7) is 3.25. The summed E-state index contributed by atoms with van der Waals surface area (Å²) < 4.78 is 33.5. The van der Waals surface area contributed by atoms with E-state index in [2.05, 4.69) is 50.3 Å². The van der Waals surface area contributed by atoms with Gasteiger partial charge in [-0.05, 0) is 51.4 Å². The van der Waals surface area contributed by atoms with Crippen molar-refractivity contribution in [1.82, 2.24) is 0 Å². The molecule has 0 bridgehead atoms. The Hall–Kier alpha value is -1.93. The first-order valence-corrected chi connectivity index (χ1v) is 25.8. The molecule has 0 aliphatic heterocycles. The predicted octanol–water partition coefficient (Wildman–Crippen LogP) is 9.78. The zero-order valence-corrected chi connectivity index (χ0v) is 39.3. The number of rotatable bonds is 40. The highest BCUT2D eigenvalue weighted by Gasteiger charge is 2.51. The van der Waals surface area contributed by atoms with E-state index in [0.717, 1.165) is 51.4 Å². The van der Waals surface area contributed by atoms with Crippen LogP contribution < -0.4 is 0 Å². The molecule has 0 aromatic heterocycles. The minimum atomic E-state index is -5.13. The summed E-state index contributed by atoms with van der Waals surface area (Å²) in [6.07, 6.45) is 30.6. The van der Waals surface area contributed by atoms with E-state index in [9.17, 15) is 44.6 Å². The van der Waals surface area contributed by atoms with Gasteiger partial charge in [0.05, 0.1) is 6.61 Å². The van der Waals surface area contributed by atoms with E-state index in [-0.39, 0.29) is 12.8 Å². The summed E-state index contributed by atoms with van der Waals surface area (Å²) in [4.78, 5) is 35.7. The second-order valence-corrected chi connectivity index (χ2v) is 18.4. The van der Waals surface area contributed by atoms with E-state index in [1.807, 2.05) is 0 Å². The molecule has 8 atom stereocenters. The molecule has 0 aromatic rings. The number of unbranched alkanes of at least 4 members (excludes halogenated alkanes) is 22. The highest BCUT2D eigenvalue weighted by atomic mass is 31.2. The molecule has 1 saturated carbocycles. The van der Waals surface area contributed by atoms with Gasteiger partial charge in [-0.25, -0.2) is 4.57 Å². The van der Waals surface area contributed by atoms with Crippen LogP contribution in [0.2, 0.25) is 0 Å². The summed E-state index contributed by atoms with van der Waals surface area (Å²) in [6, 6.07) is 0. The lowest BCUT2D eigenvalue weighted by atomic mass is 9.85. The fourth-order valence-corrected chi connectivity index (χ4v) is 8.27. The molecular formula is C48H87O13P. The summed E-state index contributed by atoms with van der Waals surface area (Å²) in [7, 11) is -5.13. The highest BCUT2D eigenvalue weighted by molar-refractivity contribution is 7.47. The first-order valence-electron chi connectivity index (χ1n) is 24.3. The molecule has 13 nitrogen and oxygen atoms in total. The zero-order valence-electron chi connectivity index (χ0n) is 38.4. The lowest BCUT2D eigenvalue weighted by Crippen LogP contribution is -2.64. The number of hydrogen-bond donors (Lipinski definition) is 6. The van der Waals surface area contributed by atoms with Gasteiger partial charge in [-0.1, -0.05) is 172 Å². The lowest BCUT2D eigenvalue weighted by molar-refractivity contribution is -0.220. The van der Waals surface area contributed by atoms with Gasteiger partial charge in [0.2, 0.25) is 0 Å². The normalized spacial score (nSPS) is 22.1. The van der Waals surface area contributed by atoms with Gasteiger partial charge in [-0.2, -0.15) is 0 Å². The van der Waals surface area contributed by atoms with Crippen molar-refractivity contribution in [3.05, 3.63) is 36.5 Å². The Morgan fingerprint density at radius 1 is 0.500 bits per heavy atom. The third kappa shape index (κ3) is 30.3. The number of esters is 2. The van der Waals surface area contributed by atoms with Crippen molar-refractivity contribution >= 4 is 19.8 Å². The van der Waals surface area contributed by atoms with Crippen LogP contribution in [-0.4, -0.2) is 98.3 Å². The smallest absolute Gasteiger partial charge is 0.462 e. The standard InChI is InChI=1S/C48H87O13P/c1-3-5-7-9-11-13-15-17-19-20-21-23-24-26-28-30-32-34-36-41(49)58-38-40(39-59-62(56,57)61-48-46(54)44(52)43(51)45(53)47(48)55)60-42(50)37-35-33-31-29-27-25-22-18-16-14-12-10-8-6-4-2/h12,14,18,22,27,29,40,43-48,51-55H,3-11,13,15-17,19-21,23-26,28,30-39H2,1-2H3,(H,56,57)/b14-12+,22-18+,29-27+/t40-,43?,44-,45?,46?,47?,48?/m0/s1. The Balaban J connectivity index is 2.44. The molecule has 1 aliphatic rings. The van der Waals surface area contributed by atoms with E-state index >= 15 is 0 Å². The van der Waals surface area contributed by atoms with Crippen LogP contribution in [0.15, 0.2) is 36.5 Å². The van der Waals surface area contributed by atoms with E-state index in [1.54, 1.807) is 0 Å². The average molecular weight is 903 g/mol. The van der Waals surface area contributed by atoms with E-state index < -0.39 is 75.7 Å². The van der Waals surface area contributed by atoms with Gasteiger partial charge in [0.15, 0.2) is 6.10 Å². The Kier molecular flexibility index (Phi) is 35.9. The van der Waals surface area contributed by atoms with Crippen molar-refractivity contribution in [2.75, 3.05) is 13.2 Å². The van der Waals surface area contributed by atoms with Gasteiger partial charge >= 0.3 is 19.8 Å². The number of aliphatic hydroxyl groups is 5. The Morgan fingerprint density at radius 2 is 0.871 bits per heavy atom. The number of aliphatic hydroxyl groups excluding tert-OH is 5. The molecule has 0 amide bonds. The first kappa shape index (κ1) is 58.1. The Morgan fingerprint density at radius 3 is 1.35 bits per heavy atom. The number of allylic oxidation sites excluding steroid dienone is 6. The largest absolute Gasteiger partial charge is 0.472 e. The molecule has 0 aromatic carbocycles. The molecule has 1 rings (SSSR count). The van der Waals surface area contributed by atoms with Crippen LogP contribution in [0, 0.1) is 0 Å². The number of phosphoric ester groups is 1. The first-order chi connectivity index (χ1) is 29.9. The number of ether oxygens (including phenoxy) is 2. The summed E-state index contributed by atoms with van der Waals surface area (Å²) in [5.41, 5.74) is 0. The molecule has 6 N–H and O–H groups in total. The van der Waals surface area contributed by atoms with E-state index in [0.29, 0.717) is 12.8 Å². The number of carbonyl (C=O) groups is 2. The fraction of sp³-hybridized carbons (Fsp3) is 0.833. The maximum absolute atomic E-state index is 12.8. The quantitative estimate of drug-likeness (QED) is 0.0147. The van der Waals surface area contributed by atoms with Gasteiger partial charge in [0.1, 0.15) is 43.2 Å². The van der Waals surface area contributed by atoms with Crippen LogP contribution in [0.4, 0.5) is 0 Å². The molecule has 6 unspecified atom stereocenters. The van der Waals surface area contributed by atoms with Crippen molar-refractivity contribution in [1.29, 1.82) is 0 Å². The van der Waals surface area contributed by atoms with E-state index in [1.165, 1.54) is 109 Å². The van der Waals surface area contributed by atoms with Gasteiger partial charge in [0, 0.05) is 12.8 Å². The molecule has 0 spiro atoms. The predicted molar refractivity (Wildman–Crippen MR) is 244 cm³/mol. The number of carbonyl (C=O) groups excluding carboxylic acids is 2. The van der Waals surface area contributed by atoms with Crippen LogP contribution >= 0.6 is 7.82 Å². The summed E-state index contributed by atoms with van der Waals surface area (Å²) in [5.74, 6) is -1.14. The SMILES string of the molecule is CCCCC/C=C/C/C=C/C/C=C/CCCCC(=O)O[C@@H](COC(=O)CCCCCCCCCCCCCCCCCCCC)COP(=O)(O)OC1C(O)C(O)C(O)[C@H](O)C1O. The molecule has 0 radical (unpaired) electrons. The fourth-order valence-electron chi connectivity index (χ4n) is 7.29. The molecular weight excluding hydrogens is 815 g/mol.